The van der Waals surface area contributed by atoms with E-state index >= 15 is 0 Å². The molecule has 3 saturated carbocycles. The number of hydrogen-bond donors (Lipinski definition) is 1. The summed E-state index contributed by atoms with van der Waals surface area (Å²) in [4.78, 5) is 25.1. The highest BCUT2D eigenvalue weighted by atomic mass is 35.5. The summed E-state index contributed by atoms with van der Waals surface area (Å²) < 4.78 is 24.9. The predicted molar refractivity (Wildman–Crippen MR) is 122 cm³/mol. The number of rotatable bonds is 8. The van der Waals surface area contributed by atoms with E-state index in [1.807, 2.05) is 18.2 Å². The van der Waals surface area contributed by atoms with Gasteiger partial charge in [0.15, 0.2) is 5.78 Å². The van der Waals surface area contributed by atoms with Gasteiger partial charge in [-0.15, -0.1) is 0 Å². The highest BCUT2D eigenvalue weighted by Crippen LogP contribution is 2.74. The molecule has 8 heteroatoms. The van der Waals surface area contributed by atoms with Crippen molar-refractivity contribution in [3.8, 4) is 11.5 Å². The van der Waals surface area contributed by atoms with Crippen molar-refractivity contribution in [3.05, 3.63) is 57.8 Å². The van der Waals surface area contributed by atoms with Crippen LogP contribution < -0.4 is 14.8 Å². The van der Waals surface area contributed by atoms with Gasteiger partial charge >= 0.3 is 0 Å². The van der Waals surface area contributed by atoms with E-state index in [1.165, 1.54) is 18.2 Å². The van der Waals surface area contributed by atoms with Crippen molar-refractivity contribution in [1.29, 1.82) is 0 Å². The molecule has 0 spiro atoms. The van der Waals surface area contributed by atoms with Crippen LogP contribution in [0.15, 0.2) is 36.4 Å². The van der Waals surface area contributed by atoms with Crippen LogP contribution in [-0.2, 0) is 16.0 Å². The molecule has 1 amide bonds. The van der Waals surface area contributed by atoms with Gasteiger partial charge in [-0.05, 0) is 73.4 Å². The normalized spacial score (nSPS) is 26.8. The summed E-state index contributed by atoms with van der Waals surface area (Å²) in [6, 6.07) is 9.70. The van der Waals surface area contributed by atoms with Crippen LogP contribution in [0, 0.1) is 16.6 Å². The van der Waals surface area contributed by atoms with E-state index in [0.717, 1.165) is 43.4 Å². The van der Waals surface area contributed by atoms with Crippen molar-refractivity contribution in [2.24, 2.45) is 10.8 Å². The minimum atomic E-state index is -0.582. The van der Waals surface area contributed by atoms with E-state index in [9.17, 15) is 14.0 Å². The quantitative estimate of drug-likeness (QED) is 0.554. The molecule has 2 aromatic rings. The molecule has 2 aromatic carbocycles. The molecule has 0 saturated heterocycles. The lowest BCUT2D eigenvalue weighted by Crippen LogP contribution is -2.68. The maximum atomic E-state index is 13.5. The maximum absolute atomic E-state index is 13.5. The van der Waals surface area contributed by atoms with E-state index in [0.29, 0.717) is 18.0 Å². The Morgan fingerprint density at radius 1 is 1.15 bits per heavy atom. The van der Waals surface area contributed by atoms with Crippen LogP contribution in [-0.4, -0.2) is 30.9 Å². The van der Waals surface area contributed by atoms with E-state index in [-0.39, 0.29) is 46.0 Å². The summed E-state index contributed by atoms with van der Waals surface area (Å²) in [6.45, 7) is 0.355. The lowest BCUT2D eigenvalue weighted by atomic mass is 9.34. The fourth-order valence-electron chi connectivity index (χ4n) is 5.58. The summed E-state index contributed by atoms with van der Waals surface area (Å²) in [5.41, 5.74) is 0.657. The molecule has 174 valence electrons. The lowest BCUT2D eigenvalue weighted by Gasteiger charge is -2.69. The SMILES string of the molecule is O=C(COc1ccc(Cl)c(F)c1)CC12CC(C(=O)NCC3CCc4cc(Cl)ccc4O3)(C1)C2. The van der Waals surface area contributed by atoms with Gasteiger partial charge in [0.2, 0.25) is 5.91 Å². The van der Waals surface area contributed by atoms with Gasteiger partial charge in [0.25, 0.3) is 0 Å². The molecule has 0 radical (unpaired) electrons. The van der Waals surface area contributed by atoms with E-state index in [1.54, 1.807) is 0 Å². The average molecular weight is 492 g/mol. The molecular formula is C25H24Cl2FNO4. The third kappa shape index (κ3) is 4.43. The Morgan fingerprint density at radius 2 is 1.94 bits per heavy atom. The first-order chi connectivity index (χ1) is 15.8. The van der Waals surface area contributed by atoms with Crippen molar-refractivity contribution in [2.75, 3.05) is 13.2 Å². The summed E-state index contributed by atoms with van der Waals surface area (Å²) in [5, 5.41) is 3.77. The van der Waals surface area contributed by atoms with Gasteiger partial charge in [-0.25, -0.2) is 4.39 Å². The lowest BCUT2D eigenvalue weighted by molar-refractivity contribution is -0.210. The molecule has 1 N–H and O–H groups in total. The van der Waals surface area contributed by atoms with Gasteiger partial charge in [-0.1, -0.05) is 23.2 Å². The molecule has 1 atom stereocenters. The number of ether oxygens (including phenoxy) is 2. The summed E-state index contributed by atoms with van der Waals surface area (Å²) in [5.74, 6) is 0.524. The highest BCUT2D eigenvalue weighted by Gasteiger charge is 2.71. The molecule has 2 bridgehead atoms. The standard InChI is InChI=1S/C25H24Cl2FNO4/c26-16-2-6-22-15(7-16)1-3-19(33-22)10-29-23(31)25-12-24(13-25,14-25)9-17(30)11-32-18-4-5-20(27)21(28)8-18/h2,4-8,19H,1,3,9-14H2,(H,29,31). The van der Waals surface area contributed by atoms with Crippen LogP contribution in [0.5, 0.6) is 11.5 Å². The van der Waals surface area contributed by atoms with Gasteiger partial charge in [0.05, 0.1) is 17.0 Å². The molecule has 1 unspecified atom stereocenters. The Balaban J connectivity index is 1.05. The van der Waals surface area contributed by atoms with Crippen molar-refractivity contribution >= 4 is 34.9 Å². The molecule has 1 heterocycles. The monoisotopic (exact) mass is 491 g/mol. The predicted octanol–water partition coefficient (Wildman–Crippen LogP) is 5.15. The van der Waals surface area contributed by atoms with E-state index in [2.05, 4.69) is 5.32 Å². The van der Waals surface area contributed by atoms with Gasteiger partial charge < -0.3 is 14.8 Å². The Bertz CT molecular complexity index is 1100. The minimum absolute atomic E-state index is 0.0101. The number of ketones is 1. The molecule has 6 rings (SSSR count). The Hall–Kier alpha value is -2.31. The number of nitrogens with one attached hydrogen (secondary N) is 1. The molecule has 1 aliphatic heterocycles. The molecule has 0 aromatic heterocycles. The van der Waals surface area contributed by atoms with Crippen LogP contribution in [0.1, 0.15) is 37.7 Å². The number of hydrogen-bond acceptors (Lipinski definition) is 4. The van der Waals surface area contributed by atoms with Crippen molar-refractivity contribution in [1.82, 2.24) is 5.32 Å². The van der Waals surface area contributed by atoms with E-state index < -0.39 is 5.82 Å². The van der Waals surface area contributed by atoms with Crippen LogP contribution in [0.25, 0.3) is 0 Å². The second-order valence-corrected chi connectivity index (χ2v) is 10.5. The second-order valence-electron chi connectivity index (χ2n) is 9.63. The third-order valence-corrected chi connectivity index (χ3v) is 7.57. The number of fused-ring (bicyclic) bond motifs is 1. The Labute approximate surface area is 201 Å². The Kier molecular flexibility index (Phi) is 5.78. The molecule has 3 fully saturated rings. The first kappa shape index (κ1) is 22.5. The third-order valence-electron chi connectivity index (χ3n) is 7.03. The topological polar surface area (TPSA) is 64.6 Å². The van der Waals surface area contributed by atoms with Crippen LogP contribution >= 0.6 is 23.2 Å². The zero-order valence-electron chi connectivity index (χ0n) is 18.0. The maximum Gasteiger partial charge on any atom is 0.226 e. The molecule has 4 aliphatic rings. The molecular weight excluding hydrogens is 468 g/mol. The van der Waals surface area contributed by atoms with E-state index in [4.69, 9.17) is 32.7 Å². The van der Waals surface area contributed by atoms with Crippen molar-refractivity contribution in [2.45, 2.75) is 44.6 Å². The number of aryl methyl sites for hydroxylation is 1. The zero-order valence-corrected chi connectivity index (χ0v) is 19.5. The smallest absolute Gasteiger partial charge is 0.226 e. The van der Waals surface area contributed by atoms with Crippen LogP contribution in [0.4, 0.5) is 4.39 Å². The van der Waals surface area contributed by atoms with Crippen LogP contribution in [0.2, 0.25) is 10.0 Å². The first-order valence-corrected chi connectivity index (χ1v) is 11.8. The first-order valence-electron chi connectivity index (χ1n) is 11.1. The number of halogens is 3. The number of amides is 1. The zero-order chi connectivity index (χ0) is 23.2. The summed E-state index contributed by atoms with van der Waals surface area (Å²) in [7, 11) is 0. The molecule has 3 aliphatic carbocycles. The second kappa shape index (κ2) is 8.48. The number of benzene rings is 2. The summed E-state index contributed by atoms with van der Waals surface area (Å²) in [6.07, 6.45) is 4.19. The fourth-order valence-corrected chi connectivity index (χ4v) is 5.89. The van der Waals surface area contributed by atoms with Gasteiger partial charge in [0, 0.05) is 17.5 Å². The van der Waals surface area contributed by atoms with Crippen molar-refractivity contribution < 1.29 is 23.5 Å². The van der Waals surface area contributed by atoms with Crippen LogP contribution in [0.3, 0.4) is 0 Å². The van der Waals surface area contributed by atoms with Gasteiger partial charge in [-0.3, -0.25) is 9.59 Å². The average Bonchev–Trinajstić information content (AvgIpc) is 2.74. The minimum Gasteiger partial charge on any atom is -0.488 e. The molecule has 33 heavy (non-hydrogen) atoms. The Morgan fingerprint density at radius 3 is 2.70 bits per heavy atom. The number of carbonyl (C=O) groups is 2. The number of carbonyl (C=O) groups excluding carboxylic acids is 2. The molecule has 5 nitrogen and oxygen atoms in total. The number of Topliss-reactive ketones (excluding diaryl/α,β-unsaturated/α-hetero) is 1. The highest BCUT2D eigenvalue weighted by molar-refractivity contribution is 6.31. The largest absolute Gasteiger partial charge is 0.488 e. The van der Waals surface area contributed by atoms with Gasteiger partial charge in [0.1, 0.15) is 30.0 Å². The van der Waals surface area contributed by atoms with Crippen molar-refractivity contribution in [3.63, 3.8) is 0 Å². The fraction of sp³-hybridized carbons (Fsp3) is 0.440. The summed E-state index contributed by atoms with van der Waals surface area (Å²) >= 11 is 11.7. The van der Waals surface area contributed by atoms with Gasteiger partial charge in [-0.2, -0.15) is 0 Å².